The molecule has 0 saturated carbocycles. The second kappa shape index (κ2) is 5.77. The summed E-state index contributed by atoms with van der Waals surface area (Å²) in [7, 11) is 0. The van der Waals surface area contributed by atoms with E-state index in [9.17, 15) is 0 Å². The van der Waals surface area contributed by atoms with E-state index in [0.29, 0.717) is 11.5 Å². The normalized spacial score (nSPS) is 10.4. The number of hydrogen-bond acceptors (Lipinski definition) is 3. The Morgan fingerprint density at radius 3 is 2.45 bits per heavy atom. The van der Waals surface area contributed by atoms with Crippen LogP contribution in [0.15, 0.2) is 67.4 Å². The Morgan fingerprint density at radius 2 is 1.77 bits per heavy atom. The zero-order valence-corrected chi connectivity index (χ0v) is 12.5. The molecule has 0 unspecified atom stereocenters. The lowest BCUT2D eigenvalue weighted by molar-refractivity contribution is 0.885. The van der Waals surface area contributed by atoms with Crippen molar-refractivity contribution in [1.82, 2.24) is 9.78 Å². The maximum Gasteiger partial charge on any atom is 0.176 e. The fourth-order valence-electron chi connectivity index (χ4n) is 2.17. The summed E-state index contributed by atoms with van der Waals surface area (Å²) < 4.78 is 1.75. The molecule has 1 aromatic heterocycles. The molecule has 1 heterocycles. The molecular weight excluding hydrogens is 272 g/mol. The fourth-order valence-corrected chi connectivity index (χ4v) is 2.17. The predicted octanol–water partition coefficient (Wildman–Crippen LogP) is 3.85. The van der Waals surface area contributed by atoms with E-state index in [1.807, 2.05) is 54.6 Å². The maximum absolute atomic E-state index is 6.04. The number of nitrogens with zero attached hydrogens (tertiary/aromatic N) is 2. The highest BCUT2D eigenvalue weighted by Crippen LogP contribution is 2.23. The summed E-state index contributed by atoms with van der Waals surface area (Å²) in [6.07, 6.45) is 1.79. The molecule has 3 aromatic rings. The number of nitrogens with two attached hydrogens (primary N) is 1. The van der Waals surface area contributed by atoms with Crippen LogP contribution in [0.1, 0.15) is 11.1 Å². The topological polar surface area (TPSA) is 55.9 Å². The number of nitrogen functional groups attached to an aromatic ring is 1. The summed E-state index contributed by atoms with van der Waals surface area (Å²) in [5, 5.41) is 7.67. The summed E-state index contributed by atoms with van der Waals surface area (Å²) >= 11 is 0. The van der Waals surface area contributed by atoms with Gasteiger partial charge in [0.05, 0.1) is 17.6 Å². The van der Waals surface area contributed by atoms with Gasteiger partial charge in [0.25, 0.3) is 0 Å². The lowest BCUT2D eigenvalue weighted by atomic mass is 10.1. The standard InChI is InChI=1S/C18H18N4/c1-13-8-10-15(11-9-13)14(2)20-18-17(19)12-22(21-18)16-6-4-3-5-7-16/h3-12H,2,19H2,1H3,(H,20,21). The Hall–Kier alpha value is -3.01. The fraction of sp³-hybridized carbons (Fsp3) is 0.0556. The van der Waals surface area contributed by atoms with Crippen molar-refractivity contribution in [2.75, 3.05) is 11.1 Å². The Morgan fingerprint density at radius 1 is 1.09 bits per heavy atom. The van der Waals surface area contributed by atoms with Crippen LogP contribution in [0, 0.1) is 6.92 Å². The molecule has 0 aliphatic heterocycles. The average molecular weight is 290 g/mol. The summed E-state index contributed by atoms with van der Waals surface area (Å²) in [5.74, 6) is 0.606. The largest absolute Gasteiger partial charge is 0.394 e. The molecule has 0 aliphatic carbocycles. The maximum atomic E-state index is 6.04. The zero-order valence-electron chi connectivity index (χ0n) is 12.5. The number of benzene rings is 2. The first-order valence-corrected chi connectivity index (χ1v) is 7.07. The van der Waals surface area contributed by atoms with E-state index in [4.69, 9.17) is 5.73 Å². The van der Waals surface area contributed by atoms with Gasteiger partial charge in [0.15, 0.2) is 5.82 Å². The van der Waals surface area contributed by atoms with Gasteiger partial charge in [-0.1, -0.05) is 54.6 Å². The monoisotopic (exact) mass is 290 g/mol. The van der Waals surface area contributed by atoms with Crippen molar-refractivity contribution in [3.05, 3.63) is 78.5 Å². The Kier molecular flexibility index (Phi) is 3.66. The molecule has 0 atom stereocenters. The van der Waals surface area contributed by atoms with Gasteiger partial charge in [-0.2, -0.15) is 0 Å². The van der Waals surface area contributed by atoms with E-state index in [1.165, 1.54) is 5.56 Å². The molecule has 0 saturated heterocycles. The molecule has 0 aliphatic rings. The van der Waals surface area contributed by atoms with Crippen LogP contribution in [0.3, 0.4) is 0 Å². The van der Waals surface area contributed by atoms with Gasteiger partial charge in [0.1, 0.15) is 0 Å². The van der Waals surface area contributed by atoms with Crippen molar-refractivity contribution in [3.8, 4) is 5.69 Å². The van der Waals surface area contributed by atoms with Crippen molar-refractivity contribution in [2.45, 2.75) is 6.92 Å². The number of aromatic nitrogens is 2. The van der Waals surface area contributed by atoms with E-state index in [-0.39, 0.29) is 0 Å². The molecule has 110 valence electrons. The molecule has 2 aromatic carbocycles. The quantitative estimate of drug-likeness (QED) is 0.767. The van der Waals surface area contributed by atoms with Gasteiger partial charge in [-0.3, -0.25) is 0 Å². The molecule has 0 spiro atoms. The van der Waals surface area contributed by atoms with Gasteiger partial charge in [0.2, 0.25) is 0 Å². The highest BCUT2D eigenvalue weighted by Gasteiger charge is 2.09. The van der Waals surface area contributed by atoms with Crippen LogP contribution in [0.4, 0.5) is 11.5 Å². The first kappa shape index (κ1) is 13.9. The van der Waals surface area contributed by atoms with Crippen molar-refractivity contribution in [2.24, 2.45) is 0 Å². The summed E-state index contributed by atoms with van der Waals surface area (Å²) in [4.78, 5) is 0. The third-order valence-corrected chi connectivity index (χ3v) is 3.43. The van der Waals surface area contributed by atoms with E-state index in [0.717, 1.165) is 16.9 Å². The lowest BCUT2D eigenvalue weighted by Crippen LogP contribution is -2.01. The summed E-state index contributed by atoms with van der Waals surface area (Å²) in [6, 6.07) is 18.0. The molecule has 3 rings (SSSR count). The summed E-state index contributed by atoms with van der Waals surface area (Å²) in [6.45, 7) is 6.11. The average Bonchev–Trinajstić information content (AvgIpc) is 2.90. The van der Waals surface area contributed by atoms with Crippen LogP contribution >= 0.6 is 0 Å². The molecule has 0 bridgehead atoms. The van der Waals surface area contributed by atoms with E-state index in [2.05, 4.69) is 23.9 Å². The van der Waals surface area contributed by atoms with E-state index in [1.54, 1.807) is 10.9 Å². The molecule has 0 amide bonds. The van der Waals surface area contributed by atoms with Crippen LogP contribution in [0.25, 0.3) is 11.4 Å². The van der Waals surface area contributed by atoms with Crippen molar-refractivity contribution in [1.29, 1.82) is 0 Å². The first-order valence-electron chi connectivity index (χ1n) is 7.07. The second-order valence-electron chi connectivity index (χ2n) is 5.18. The van der Waals surface area contributed by atoms with Crippen molar-refractivity contribution < 1.29 is 0 Å². The number of anilines is 2. The van der Waals surface area contributed by atoms with Crippen LogP contribution in [0.5, 0.6) is 0 Å². The van der Waals surface area contributed by atoms with Gasteiger partial charge < -0.3 is 11.1 Å². The van der Waals surface area contributed by atoms with Gasteiger partial charge in [0, 0.05) is 5.70 Å². The molecule has 22 heavy (non-hydrogen) atoms. The Labute approximate surface area is 129 Å². The molecule has 4 nitrogen and oxygen atoms in total. The second-order valence-corrected chi connectivity index (χ2v) is 5.18. The molecule has 0 fully saturated rings. The Balaban J connectivity index is 1.82. The van der Waals surface area contributed by atoms with Gasteiger partial charge >= 0.3 is 0 Å². The number of nitrogens with one attached hydrogen (secondary N) is 1. The molecule has 0 radical (unpaired) electrons. The third kappa shape index (κ3) is 2.86. The lowest BCUT2D eigenvalue weighted by Gasteiger charge is -2.08. The minimum absolute atomic E-state index is 0.581. The molecular formula is C18H18N4. The number of rotatable bonds is 4. The minimum Gasteiger partial charge on any atom is -0.394 e. The SMILES string of the molecule is C=C(Nc1nn(-c2ccccc2)cc1N)c1ccc(C)cc1. The van der Waals surface area contributed by atoms with Gasteiger partial charge in [-0.15, -0.1) is 5.10 Å². The molecule has 3 N–H and O–H groups in total. The Bertz CT molecular complexity index is 786. The van der Waals surface area contributed by atoms with E-state index >= 15 is 0 Å². The van der Waals surface area contributed by atoms with Gasteiger partial charge in [-0.25, -0.2) is 4.68 Å². The summed E-state index contributed by atoms with van der Waals surface area (Å²) in [5.41, 5.74) is 10.6. The van der Waals surface area contributed by atoms with Crippen LogP contribution < -0.4 is 11.1 Å². The number of para-hydroxylation sites is 1. The highest BCUT2D eigenvalue weighted by molar-refractivity contribution is 5.78. The van der Waals surface area contributed by atoms with Gasteiger partial charge in [-0.05, 0) is 24.6 Å². The van der Waals surface area contributed by atoms with Crippen LogP contribution in [-0.2, 0) is 0 Å². The minimum atomic E-state index is 0.581. The number of aryl methyl sites for hydroxylation is 1. The van der Waals surface area contributed by atoms with Crippen LogP contribution in [-0.4, -0.2) is 9.78 Å². The third-order valence-electron chi connectivity index (χ3n) is 3.43. The highest BCUT2D eigenvalue weighted by atomic mass is 15.3. The first-order chi connectivity index (χ1) is 10.6. The smallest absolute Gasteiger partial charge is 0.176 e. The van der Waals surface area contributed by atoms with E-state index < -0.39 is 0 Å². The predicted molar refractivity (Wildman–Crippen MR) is 91.8 cm³/mol. The number of hydrogen-bond donors (Lipinski definition) is 2. The van der Waals surface area contributed by atoms with Crippen LogP contribution in [0.2, 0.25) is 0 Å². The molecule has 4 heteroatoms. The van der Waals surface area contributed by atoms with Crippen molar-refractivity contribution in [3.63, 3.8) is 0 Å². The zero-order chi connectivity index (χ0) is 15.5. The van der Waals surface area contributed by atoms with Crippen molar-refractivity contribution >= 4 is 17.2 Å².